The molecule has 1 saturated heterocycles. The molecule has 0 saturated carbocycles. The quantitative estimate of drug-likeness (QED) is 0.842. The SMILES string of the molecule is O=C(NC1(c2ncc[nH]2)CCOC1)c1ccc(F)c(C(F)(F)F)c1. The molecule has 1 atom stereocenters. The molecular formula is C15H13F4N3O2. The van der Waals surface area contributed by atoms with E-state index in [-0.39, 0.29) is 12.2 Å². The predicted octanol–water partition coefficient (Wildman–Crippen LogP) is 2.61. The Labute approximate surface area is 134 Å². The second-order valence-corrected chi connectivity index (χ2v) is 5.47. The molecule has 0 aliphatic carbocycles. The van der Waals surface area contributed by atoms with E-state index in [1.54, 1.807) is 6.20 Å². The topological polar surface area (TPSA) is 67.0 Å². The minimum absolute atomic E-state index is 0.138. The number of nitrogens with one attached hydrogen (secondary N) is 2. The predicted molar refractivity (Wildman–Crippen MR) is 74.6 cm³/mol. The zero-order valence-electron chi connectivity index (χ0n) is 12.3. The third-order valence-electron chi connectivity index (χ3n) is 3.86. The number of halogens is 4. The molecule has 0 spiro atoms. The smallest absolute Gasteiger partial charge is 0.378 e. The van der Waals surface area contributed by atoms with Crippen LogP contribution in [0.15, 0.2) is 30.6 Å². The number of aromatic nitrogens is 2. The molecule has 1 aromatic carbocycles. The first-order valence-corrected chi connectivity index (χ1v) is 7.09. The Kier molecular flexibility index (Phi) is 4.04. The van der Waals surface area contributed by atoms with E-state index in [0.717, 1.165) is 6.07 Å². The van der Waals surface area contributed by atoms with Crippen molar-refractivity contribution in [3.05, 3.63) is 53.4 Å². The van der Waals surface area contributed by atoms with Crippen LogP contribution in [0, 0.1) is 5.82 Å². The lowest BCUT2D eigenvalue weighted by molar-refractivity contribution is -0.140. The number of H-pyrrole nitrogens is 1. The van der Waals surface area contributed by atoms with E-state index in [0.29, 0.717) is 31.0 Å². The first-order valence-electron chi connectivity index (χ1n) is 7.09. The summed E-state index contributed by atoms with van der Waals surface area (Å²) in [5.41, 5.74) is -2.72. The summed E-state index contributed by atoms with van der Waals surface area (Å²) in [5.74, 6) is -1.74. The fourth-order valence-corrected chi connectivity index (χ4v) is 2.61. The third-order valence-corrected chi connectivity index (χ3v) is 3.86. The van der Waals surface area contributed by atoms with Gasteiger partial charge in [-0.1, -0.05) is 0 Å². The Morgan fingerprint density at radius 3 is 2.75 bits per heavy atom. The number of amides is 1. The van der Waals surface area contributed by atoms with Crippen molar-refractivity contribution >= 4 is 5.91 Å². The molecular weight excluding hydrogens is 330 g/mol. The van der Waals surface area contributed by atoms with E-state index in [9.17, 15) is 22.4 Å². The Morgan fingerprint density at radius 1 is 1.38 bits per heavy atom. The molecule has 0 bridgehead atoms. The largest absolute Gasteiger partial charge is 0.419 e. The van der Waals surface area contributed by atoms with Gasteiger partial charge in [0.15, 0.2) is 0 Å². The summed E-state index contributed by atoms with van der Waals surface area (Å²) >= 11 is 0. The highest BCUT2D eigenvalue weighted by atomic mass is 19.4. The standard InChI is InChI=1S/C15H13F4N3O2/c16-11-2-1-9(7-10(11)15(17,18)19)12(23)22-14(3-6-24-8-14)13-20-4-5-21-13/h1-2,4-5,7H,3,6,8H2,(H,20,21)(H,22,23). The van der Waals surface area contributed by atoms with E-state index in [4.69, 9.17) is 4.74 Å². The number of ether oxygens (including phenoxy) is 1. The Hall–Kier alpha value is -2.42. The highest BCUT2D eigenvalue weighted by Crippen LogP contribution is 2.33. The highest BCUT2D eigenvalue weighted by Gasteiger charge is 2.41. The third kappa shape index (κ3) is 2.99. The van der Waals surface area contributed by atoms with Gasteiger partial charge in [0.05, 0.1) is 12.2 Å². The van der Waals surface area contributed by atoms with Crippen LogP contribution in [0.25, 0.3) is 0 Å². The number of carbonyl (C=O) groups excluding carboxylic acids is 1. The summed E-state index contributed by atoms with van der Waals surface area (Å²) in [6.45, 7) is 0.512. The second kappa shape index (κ2) is 5.90. The van der Waals surface area contributed by atoms with Gasteiger partial charge in [0, 0.05) is 31.0 Å². The normalized spacial score (nSPS) is 21.0. The van der Waals surface area contributed by atoms with Crippen LogP contribution in [0.2, 0.25) is 0 Å². The van der Waals surface area contributed by atoms with Gasteiger partial charge in [0.1, 0.15) is 17.2 Å². The maximum atomic E-state index is 13.3. The molecule has 1 unspecified atom stereocenters. The van der Waals surface area contributed by atoms with Crippen molar-refractivity contribution in [3.8, 4) is 0 Å². The number of rotatable bonds is 3. The summed E-state index contributed by atoms with van der Waals surface area (Å²) in [6.07, 6.45) is -1.39. The van der Waals surface area contributed by atoms with Crippen LogP contribution in [0.4, 0.5) is 17.6 Å². The van der Waals surface area contributed by atoms with Crippen LogP contribution in [-0.4, -0.2) is 29.1 Å². The monoisotopic (exact) mass is 343 g/mol. The van der Waals surface area contributed by atoms with Gasteiger partial charge in [-0.3, -0.25) is 4.79 Å². The lowest BCUT2D eigenvalue weighted by Crippen LogP contribution is -2.47. The van der Waals surface area contributed by atoms with Crippen molar-refractivity contribution in [1.82, 2.24) is 15.3 Å². The molecule has 9 heteroatoms. The van der Waals surface area contributed by atoms with Gasteiger partial charge in [0.2, 0.25) is 0 Å². The van der Waals surface area contributed by atoms with Crippen molar-refractivity contribution < 1.29 is 27.1 Å². The van der Waals surface area contributed by atoms with Gasteiger partial charge in [0.25, 0.3) is 5.91 Å². The number of nitrogens with zero attached hydrogens (tertiary/aromatic N) is 1. The Morgan fingerprint density at radius 2 is 2.17 bits per heavy atom. The molecule has 1 aliphatic heterocycles. The Bertz CT molecular complexity index is 738. The molecule has 5 nitrogen and oxygen atoms in total. The molecule has 0 radical (unpaired) electrons. The summed E-state index contributed by atoms with van der Waals surface area (Å²) in [4.78, 5) is 19.4. The molecule has 1 amide bonds. The minimum Gasteiger partial charge on any atom is -0.378 e. The van der Waals surface area contributed by atoms with E-state index < -0.39 is 29.0 Å². The molecule has 3 rings (SSSR count). The maximum absolute atomic E-state index is 13.3. The van der Waals surface area contributed by atoms with Crippen molar-refractivity contribution in [3.63, 3.8) is 0 Å². The van der Waals surface area contributed by atoms with Crippen molar-refractivity contribution in [2.45, 2.75) is 18.1 Å². The minimum atomic E-state index is -4.88. The Balaban J connectivity index is 1.89. The number of carbonyl (C=O) groups is 1. The van der Waals surface area contributed by atoms with Gasteiger partial charge < -0.3 is 15.0 Å². The number of hydrogen-bond donors (Lipinski definition) is 2. The molecule has 1 fully saturated rings. The zero-order valence-corrected chi connectivity index (χ0v) is 12.3. The first-order chi connectivity index (χ1) is 11.3. The molecule has 128 valence electrons. The molecule has 1 aliphatic rings. The van der Waals surface area contributed by atoms with Crippen LogP contribution in [0.5, 0.6) is 0 Å². The van der Waals surface area contributed by atoms with Gasteiger partial charge in [-0.2, -0.15) is 13.2 Å². The summed E-state index contributed by atoms with van der Waals surface area (Å²) in [6, 6.07) is 2.13. The van der Waals surface area contributed by atoms with Crippen LogP contribution >= 0.6 is 0 Å². The fourth-order valence-electron chi connectivity index (χ4n) is 2.61. The zero-order chi connectivity index (χ0) is 17.4. The lowest BCUT2D eigenvalue weighted by atomic mass is 9.96. The number of imidazole rings is 1. The van der Waals surface area contributed by atoms with Crippen LogP contribution in [-0.2, 0) is 16.5 Å². The molecule has 2 aromatic rings. The van der Waals surface area contributed by atoms with Gasteiger partial charge >= 0.3 is 6.18 Å². The summed E-state index contributed by atoms with van der Waals surface area (Å²) < 4.78 is 57.0. The number of benzene rings is 1. The van der Waals surface area contributed by atoms with E-state index in [2.05, 4.69) is 15.3 Å². The average molecular weight is 343 g/mol. The number of aromatic amines is 1. The van der Waals surface area contributed by atoms with E-state index in [1.807, 2.05) is 0 Å². The van der Waals surface area contributed by atoms with Crippen molar-refractivity contribution in [2.75, 3.05) is 13.2 Å². The summed E-state index contributed by atoms with van der Waals surface area (Å²) in [7, 11) is 0. The first kappa shape index (κ1) is 16.4. The fraction of sp³-hybridized carbons (Fsp3) is 0.333. The van der Waals surface area contributed by atoms with Gasteiger partial charge in [-0.15, -0.1) is 0 Å². The number of hydrogen-bond acceptors (Lipinski definition) is 3. The highest BCUT2D eigenvalue weighted by molar-refractivity contribution is 5.95. The van der Waals surface area contributed by atoms with Crippen LogP contribution < -0.4 is 5.32 Å². The maximum Gasteiger partial charge on any atom is 0.419 e. The second-order valence-electron chi connectivity index (χ2n) is 5.47. The average Bonchev–Trinajstić information content (AvgIpc) is 3.18. The van der Waals surface area contributed by atoms with E-state index in [1.165, 1.54) is 6.20 Å². The van der Waals surface area contributed by atoms with Gasteiger partial charge in [-0.25, -0.2) is 9.37 Å². The van der Waals surface area contributed by atoms with Crippen LogP contribution in [0.1, 0.15) is 28.2 Å². The molecule has 1 aromatic heterocycles. The summed E-state index contributed by atoms with van der Waals surface area (Å²) in [5, 5.41) is 2.66. The lowest BCUT2D eigenvalue weighted by Gasteiger charge is -2.26. The van der Waals surface area contributed by atoms with Crippen molar-refractivity contribution in [1.29, 1.82) is 0 Å². The van der Waals surface area contributed by atoms with Crippen LogP contribution in [0.3, 0.4) is 0 Å². The molecule has 2 heterocycles. The van der Waals surface area contributed by atoms with E-state index >= 15 is 0 Å². The van der Waals surface area contributed by atoms with Gasteiger partial charge in [-0.05, 0) is 18.2 Å². The molecule has 24 heavy (non-hydrogen) atoms. The molecule has 2 N–H and O–H groups in total. The number of alkyl halides is 3. The van der Waals surface area contributed by atoms with Crippen molar-refractivity contribution in [2.24, 2.45) is 0 Å².